The smallest absolute Gasteiger partial charge is 0.872 e. The average Bonchev–Trinajstić information content (AvgIpc) is 3.51. The molecule has 2 aromatic heterocycles. The van der Waals surface area contributed by atoms with E-state index < -0.39 is 0 Å². The quantitative estimate of drug-likeness (QED) is 0.274. The summed E-state index contributed by atoms with van der Waals surface area (Å²) in [7, 11) is 0. The summed E-state index contributed by atoms with van der Waals surface area (Å²) in [6.07, 6.45) is 9.80. The van der Waals surface area contributed by atoms with E-state index in [2.05, 4.69) is 65.4 Å². The zero-order valence-electron chi connectivity index (χ0n) is 30.6. The molecule has 0 radical (unpaired) electrons. The van der Waals surface area contributed by atoms with Crippen molar-refractivity contribution in [2.24, 2.45) is 0 Å². The van der Waals surface area contributed by atoms with Gasteiger partial charge in [0.05, 0.1) is 0 Å². The van der Waals surface area contributed by atoms with Gasteiger partial charge < -0.3 is 19.8 Å². The third-order valence-corrected chi connectivity index (χ3v) is 7.87. The van der Waals surface area contributed by atoms with E-state index in [1.807, 2.05) is 85.5 Å². The zero-order chi connectivity index (χ0) is 33.0. The van der Waals surface area contributed by atoms with Crippen LogP contribution in [0.25, 0.3) is 0 Å². The molecule has 2 aromatic carbocycles. The van der Waals surface area contributed by atoms with Crippen molar-refractivity contribution in [3.63, 3.8) is 0 Å². The SMILES string of the molecule is Cc1cc(C[NH+](Cc2cc(C)cc(C(C)(C)C)c2[O-])C[C@H]2CCCO2)c([O-])c(C(C)(C)C)c1.[Li+].[Li+].c1cc[nH+]cc1.c1cc[nH+]cc1. The molecule has 0 bridgehead atoms. The molecule has 0 aliphatic carbocycles. The first-order valence-electron chi connectivity index (χ1n) is 16.1. The first kappa shape index (κ1) is 42.5. The van der Waals surface area contributed by atoms with Crippen molar-refractivity contribution in [3.8, 4) is 11.5 Å². The predicted molar refractivity (Wildman–Crippen MR) is 177 cm³/mol. The standard InChI is InChI=1S/C29H43NO3.2C5H5N.2Li/c1-19-12-21(26(31)24(14-19)28(3,4)5)16-30(18-23-10-9-11-33-23)17-22-13-20(2)15-25(27(22)32)29(6,7)8;2*1-2-4-6-5-3-1;;/h12-15,23,31-32H,9-11,16-18H2,1-8H3;2*1-5H;;/q;;;2*+1/p+1/t23-;;;;/m1..../s1. The van der Waals surface area contributed by atoms with Gasteiger partial charge in [-0.3, -0.25) is 0 Å². The van der Waals surface area contributed by atoms with Crippen LogP contribution < -0.4 is 62.8 Å². The Balaban J connectivity index is 0.000000656. The van der Waals surface area contributed by atoms with Crippen molar-refractivity contribution in [1.29, 1.82) is 0 Å². The summed E-state index contributed by atoms with van der Waals surface area (Å²) >= 11 is 0. The number of ether oxygens (including phenoxy) is 1. The van der Waals surface area contributed by atoms with Gasteiger partial charge in [-0.25, -0.2) is 9.97 Å². The number of rotatable bonds is 6. The second-order valence-corrected chi connectivity index (χ2v) is 14.2. The number of pyridine rings is 2. The van der Waals surface area contributed by atoms with E-state index in [4.69, 9.17) is 4.74 Å². The van der Waals surface area contributed by atoms with Crippen LogP contribution >= 0.6 is 0 Å². The molecule has 0 unspecified atom stereocenters. The van der Waals surface area contributed by atoms with E-state index in [0.717, 1.165) is 59.4 Å². The van der Waals surface area contributed by atoms with Gasteiger partial charge in [-0.2, -0.15) is 0 Å². The van der Waals surface area contributed by atoms with E-state index in [0.29, 0.717) is 13.1 Å². The molecule has 1 saturated heterocycles. The van der Waals surface area contributed by atoms with Gasteiger partial charge in [0.1, 0.15) is 25.7 Å². The zero-order valence-corrected chi connectivity index (χ0v) is 30.6. The first-order valence-corrected chi connectivity index (χ1v) is 16.1. The predicted octanol–water partition coefficient (Wildman–Crippen LogP) is -1.18. The molecule has 1 aliphatic heterocycles. The van der Waals surface area contributed by atoms with Gasteiger partial charge in [0, 0.05) is 30.9 Å². The van der Waals surface area contributed by atoms with Crippen LogP contribution in [0.15, 0.2) is 85.5 Å². The monoisotopic (exact) mass is 626 g/mol. The number of H-pyrrole nitrogens is 2. The van der Waals surface area contributed by atoms with Crippen molar-refractivity contribution in [2.45, 2.75) is 98.3 Å². The maximum absolute atomic E-state index is 13.4. The van der Waals surface area contributed by atoms with Crippen molar-refractivity contribution in [1.82, 2.24) is 0 Å². The summed E-state index contributed by atoms with van der Waals surface area (Å²) < 4.78 is 5.95. The fourth-order valence-electron chi connectivity index (χ4n) is 5.63. The second-order valence-electron chi connectivity index (χ2n) is 14.2. The molecular weight excluding hydrogens is 572 g/mol. The second kappa shape index (κ2) is 20.1. The Labute approximate surface area is 307 Å². The topological polar surface area (TPSA) is 88.1 Å². The number of quaternary nitrogens is 1. The molecule has 5 rings (SSSR count). The van der Waals surface area contributed by atoms with Gasteiger partial charge in [-0.15, -0.1) is 0 Å². The summed E-state index contributed by atoms with van der Waals surface area (Å²) in [5.41, 5.74) is 5.23. The van der Waals surface area contributed by atoms with Crippen LogP contribution in [-0.4, -0.2) is 19.3 Å². The van der Waals surface area contributed by atoms with E-state index in [1.54, 1.807) is 0 Å². The number of aromatic nitrogens is 2. The summed E-state index contributed by atoms with van der Waals surface area (Å²) in [4.78, 5) is 7.00. The Morgan fingerprint density at radius 1 is 0.681 bits per heavy atom. The van der Waals surface area contributed by atoms with Crippen LogP contribution in [0.2, 0.25) is 0 Å². The third-order valence-electron chi connectivity index (χ3n) is 7.87. The van der Waals surface area contributed by atoms with Crippen molar-refractivity contribution in [3.05, 3.63) is 119 Å². The van der Waals surface area contributed by atoms with Crippen LogP contribution in [0.3, 0.4) is 0 Å². The van der Waals surface area contributed by atoms with E-state index in [9.17, 15) is 10.2 Å². The van der Waals surface area contributed by atoms with Crippen LogP contribution in [0.4, 0.5) is 0 Å². The number of hydrogen-bond acceptors (Lipinski definition) is 3. The van der Waals surface area contributed by atoms with E-state index in [-0.39, 0.29) is 66.2 Å². The van der Waals surface area contributed by atoms with Crippen LogP contribution in [0, 0.1) is 13.8 Å². The first-order chi connectivity index (χ1) is 21.3. The molecule has 242 valence electrons. The Bertz CT molecular complexity index is 1290. The molecule has 3 N–H and O–H groups in total. The Kier molecular flexibility index (Phi) is 18.1. The normalized spacial score (nSPS) is 14.1. The van der Waals surface area contributed by atoms with Gasteiger partial charge in [0.15, 0.2) is 24.8 Å². The van der Waals surface area contributed by atoms with Crippen LogP contribution in [0.5, 0.6) is 11.5 Å². The van der Waals surface area contributed by atoms with Gasteiger partial charge >= 0.3 is 37.7 Å². The molecule has 1 atom stereocenters. The maximum atomic E-state index is 13.4. The Hall–Kier alpha value is -2.55. The number of benzene rings is 2. The number of nitrogens with one attached hydrogen (secondary N) is 3. The molecule has 0 saturated carbocycles. The minimum absolute atomic E-state index is 0. The Morgan fingerprint density at radius 3 is 1.36 bits per heavy atom. The molecule has 4 aromatic rings. The van der Waals surface area contributed by atoms with Gasteiger partial charge in [0.25, 0.3) is 0 Å². The van der Waals surface area contributed by atoms with Crippen LogP contribution in [-0.2, 0) is 28.7 Å². The molecule has 0 amide bonds. The molecular formula is C39H54Li2N3O3+3. The minimum atomic E-state index is -0.201. The summed E-state index contributed by atoms with van der Waals surface area (Å²) in [6.45, 7) is 19.5. The molecule has 0 spiro atoms. The van der Waals surface area contributed by atoms with Gasteiger partial charge in [0.2, 0.25) is 0 Å². The average molecular weight is 627 g/mol. The van der Waals surface area contributed by atoms with Crippen molar-refractivity contribution >= 4 is 0 Å². The maximum Gasteiger partial charge on any atom is 1.00 e. The number of aromatic amines is 2. The Morgan fingerprint density at radius 2 is 1.09 bits per heavy atom. The third kappa shape index (κ3) is 14.2. The van der Waals surface area contributed by atoms with E-state index >= 15 is 0 Å². The van der Waals surface area contributed by atoms with Crippen molar-refractivity contribution in [2.75, 3.05) is 13.2 Å². The van der Waals surface area contributed by atoms with Gasteiger partial charge in [-0.05, 0) is 59.8 Å². The van der Waals surface area contributed by atoms with Crippen LogP contribution in [0.1, 0.15) is 87.8 Å². The summed E-state index contributed by atoms with van der Waals surface area (Å²) in [6, 6.07) is 19.8. The number of aryl methyl sites for hydroxylation is 2. The largest absolute Gasteiger partial charge is 1.00 e. The molecule has 6 nitrogen and oxygen atoms in total. The molecule has 1 fully saturated rings. The molecule has 8 heteroatoms. The molecule has 1 aliphatic rings. The molecule has 3 heterocycles. The van der Waals surface area contributed by atoms with E-state index in [1.165, 1.54) is 4.90 Å². The minimum Gasteiger partial charge on any atom is -0.872 e. The van der Waals surface area contributed by atoms with Gasteiger partial charge in [-0.1, -0.05) is 101 Å². The number of hydrogen-bond donors (Lipinski definition) is 1. The fraction of sp³-hybridized carbons (Fsp3) is 0.436. The molecule has 47 heavy (non-hydrogen) atoms. The van der Waals surface area contributed by atoms with Crippen molar-refractivity contribution < 1.29 is 67.5 Å². The summed E-state index contributed by atoms with van der Waals surface area (Å²) in [5, 5.41) is 26.8. The summed E-state index contributed by atoms with van der Waals surface area (Å²) in [5.74, 6) is 0.278. The fourth-order valence-corrected chi connectivity index (χ4v) is 5.63.